The van der Waals surface area contributed by atoms with Crippen molar-refractivity contribution in [2.75, 3.05) is 0 Å². The van der Waals surface area contributed by atoms with E-state index in [1.807, 2.05) is 6.92 Å². The van der Waals surface area contributed by atoms with Gasteiger partial charge in [0.05, 0.1) is 17.3 Å². The highest BCUT2D eigenvalue weighted by Gasteiger charge is 2.74. The maximum Gasteiger partial charge on any atom is 0.192 e. The zero-order valence-electron chi connectivity index (χ0n) is 24.3. The Morgan fingerprint density at radius 1 is 1.00 bits per heavy atom. The molecule has 0 aliphatic heterocycles. The van der Waals surface area contributed by atoms with Crippen LogP contribution in [0.5, 0.6) is 0 Å². The van der Waals surface area contributed by atoms with E-state index in [-0.39, 0.29) is 16.7 Å². The number of aliphatic hydroxyl groups is 1. The third kappa shape index (κ3) is 4.10. The molecule has 2 fully saturated rings. The average Bonchev–Trinajstić information content (AvgIpc) is 3.01. The summed E-state index contributed by atoms with van der Waals surface area (Å²) in [7, 11) is -3.94. The molecular formula is C29H52O3Si2. The highest BCUT2D eigenvalue weighted by atomic mass is 28.4. The minimum Gasteiger partial charge on any atom is -0.413 e. The van der Waals surface area contributed by atoms with Gasteiger partial charge in [-0.2, -0.15) is 0 Å². The monoisotopic (exact) mass is 504 g/mol. The number of hydrogen-bond acceptors (Lipinski definition) is 3. The molecule has 5 heteroatoms. The normalized spacial score (nSPS) is 43.8. The molecule has 0 heterocycles. The van der Waals surface area contributed by atoms with Crippen LogP contribution in [0.25, 0.3) is 0 Å². The van der Waals surface area contributed by atoms with Crippen LogP contribution in [0.2, 0.25) is 37.8 Å². The Labute approximate surface area is 212 Å². The molecule has 8 atom stereocenters. The Kier molecular flexibility index (Phi) is 6.05. The Hall–Kier alpha value is -0.206. The van der Waals surface area contributed by atoms with Crippen LogP contribution in [0.1, 0.15) is 68.2 Å². The van der Waals surface area contributed by atoms with Gasteiger partial charge in [0.25, 0.3) is 0 Å². The van der Waals surface area contributed by atoms with Crippen LogP contribution in [0.4, 0.5) is 0 Å². The Morgan fingerprint density at radius 3 is 2.12 bits per heavy atom. The summed E-state index contributed by atoms with van der Waals surface area (Å²) in [5.41, 5.74) is 1.73. The van der Waals surface area contributed by atoms with Crippen LogP contribution < -0.4 is 0 Å². The second-order valence-corrected chi connectivity index (χ2v) is 24.8. The molecule has 1 N–H and O–H groups in total. The van der Waals surface area contributed by atoms with E-state index >= 15 is 0 Å². The Bertz CT molecular complexity index is 901. The quantitative estimate of drug-likeness (QED) is 0.402. The fourth-order valence-electron chi connectivity index (χ4n) is 7.61. The Balaban J connectivity index is 1.97. The van der Waals surface area contributed by atoms with Crippen molar-refractivity contribution in [1.29, 1.82) is 0 Å². The zero-order valence-corrected chi connectivity index (χ0v) is 26.3. The van der Waals surface area contributed by atoms with Gasteiger partial charge in [-0.15, -0.1) is 0 Å². The summed E-state index contributed by atoms with van der Waals surface area (Å²) < 4.78 is 14.9. The summed E-state index contributed by atoms with van der Waals surface area (Å²) >= 11 is 0. The molecule has 0 aromatic heterocycles. The molecule has 0 amide bonds. The van der Waals surface area contributed by atoms with Gasteiger partial charge in [-0.05, 0) is 97.4 Å². The summed E-state index contributed by atoms with van der Waals surface area (Å²) in [6.45, 7) is 30.6. The van der Waals surface area contributed by atoms with Crippen molar-refractivity contribution < 1.29 is 14.0 Å². The summed E-state index contributed by atoms with van der Waals surface area (Å²) in [6, 6.07) is 0. The predicted molar refractivity (Wildman–Crippen MR) is 148 cm³/mol. The first-order chi connectivity index (χ1) is 15.1. The van der Waals surface area contributed by atoms with Crippen molar-refractivity contribution in [3.63, 3.8) is 0 Å². The number of rotatable bonds is 4. The van der Waals surface area contributed by atoms with Gasteiger partial charge in [-0.1, -0.05) is 54.5 Å². The molecule has 4 aliphatic rings. The van der Waals surface area contributed by atoms with Crippen molar-refractivity contribution >= 4 is 16.6 Å². The van der Waals surface area contributed by atoms with Crippen molar-refractivity contribution in [1.82, 2.24) is 0 Å². The lowest BCUT2D eigenvalue weighted by Gasteiger charge is -2.55. The molecule has 0 spiro atoms. The molecule has 0 saturated heterocycles. The predicted octanol–water partition coefficient (Wildman–Crippen LogP) is 7.55. The van der Waals surface area contributed by atoms with Crippen molar-refractivity contribution in [2.24, 2.45) is 35.0 Å². The number of fused-ring (bicyclic) bond motifs is 5. The van der Waals surface area contributed by atoms with Crippen LogP contribution in [-0.4, -0.2) is 39.0 Å². The minimum atomic E-state index is -2.01. The molecule has 194 valence electrons. The van der Waals surface area contributed by atoms with E-state index < -0.39 is 22.2 Å². The number of hydrogen-bond donors (Lipinski definition) is 1. The lowest BCUT2D eigenvalue weighted by Crippen LogP contribution is -2.61. The topological polar surface area (TPSA) is 38.7 Å². The van der Waals surface area contributed by atoms with Crippen LogP contribution in [0.15, 0.2) is 23.3 Å². The molecule has 0 bridgehead atoms. The first-order valence-electron chi connectivity index (χ1n) is 13.7. The molecular weight excluding hydrogens is 452 g/mol. The molecule has 0 radical (unpaired) electrons. The SMILES string of the molecule is C[C@@H]1C=C2C[C@](C)(O)C=C2[C@@]2(O[Si](C)(C)C)[C@H](C)C[C@@H]3C([C@@H]2[C@@H]1O[Si](C)(C)C(C)(C)C)C3(C)C. The van der Waals surface area contributed by atoms with Crippen LogP contribution >= 0.6 is 0 Å². The van der Waals surface area contributed by atoms with Gasteiger partial charge in [0.2, 0.25) is 0 Å². The summed E-state index contributed by atoms with van der Waals surface area (Å²) in [5.74, 6) is 2.32. The van der Waals surface area contributed by atoms with E-state index in [4.69, 9.17) is 8.85 Å². The third-order valence-corrected chi connectivity index (χ3v) is 15.6. The molecule has 0 aromatic carbocycles. The summed E-state index contributed by atoms with van der Waals surface area (Å²) in [6.07, 6.45) is 6.66. The average molecular weight is 505 g/mol. The lowest BCUT2D eigenvalue weighted by molar-refractivity contribution is -0.0975. The zero-order chi connectivity index (χ0) is 25.9. The standard InChI is InChI=1S/C29H52O3Si2/c1-18-14-20-16-28(8,30)17-22(20)29(32-33(9,10)11)19(2)15-21-23(27(21,6)7)24(29)25(18)31-34(12,13)26(3,4)5/h14,17-19,21,23-25,30H,15-16H2,1-13H3/t18-,19-,21-,23?,24-,25-,28+,29+/m1/s1. The Morgan fingerprint density at radius 2 is 1.59 bits per heavy atom. The van der Waals surface area contributed by atoms with Gasteiger partial charge in [0.15, 0.2) is 16.6 Å². The lowest BCUT2D eigenvalue weighted by atomic mass is 9.62. The fraction of sp³-hybridized carbons (Fsp3) is 0.862. The maximum absolute atomic E-state index is 11.2. The molecule has 1 unspecified atom stereocenters. The van der Waals surface area contributed by atoms with E-state index in [9.17, 15) is 5.11 Å². The van der Waals surface area contributed by atoms with Crippen LogP contribution in [0.3, 0.4) is 0 Å². The third-order valence-electron chi connectivity index (χ3n) is 10.2. The largest absolute Gasteiger partial charge is 0.413 e. The van der Waals surface area contributed by atoms with E-state index in [1.54, 1.807) is 0 Å². The van der Waals surface area contributed by atoms with Crippen molar-refractivity contribution in [3.05, 3.63) is 23.3 Å². The van der Waals surface area contributed by atoms with Gasteiger partial charge in [0, 0.05) is 12.3 Å². The van der Waals surface area contributed by atoms with Gasteiger partial charge in [0.1, 0.15) is 0 Å². The van der Waals surface area contributed by atoms with E-state index in [1.165, 1.54) is 17.6 Å². The second-order valence-electron chi connectivity index (χ2n) is 15.6. The van der Waals surface area contributed by atoms with Gasteiger partial charge in [-0.3, -0.25) is 0 Å². The molecule has 34 heavy (non-hydrogen) atoms. The molecule has 4 rings (SSSR count). The highest BCUT2D eigenvalue weighted by molar-refractivity contribution is 6.74. The van der Waals surface area contributed by atoms with Crippen molar-refractivity contribution in [2.45, 2.75) is 123 Å². The van der Waals surface area contributed by atoms with E-state index in [2.05, 4.69) is 93.4 Å². The summed E-state index contributed by atoms with van der Waals surface area (Å²) in [4.78, 5) is 0. The first kappa shape index (κ1) is 26.8. The molecule has 3 nitrogen and oxygen atoms in total. The highest BCUT2D eigenvalue weighted by Crippen LogP contribution is 2.74. The van der Waals surface area contributed by atoms with Crippen LogP contribution in [0, 0.1) is 35.0 Å². The molecule has 0 aromatic rings. The van der Waals surface area contributed by atoms with Gasteiger partial charge < -0.3 is 14.0 Å². The second kappa shape index (κ2) is 7.66. The van der Waals surface area contributed by atoms with Gasteiger partial charge in [-0.25, -0.2) is 0 Å². The minimum absolute atomic E-state index is 0.137. The first-order valence-corrected chi connectivity index (χ1v) is 20.0. The fourth-order valence-corrected chi connectivity index (χ4v) is 10.5. The molecule has 2 saturated carbocycles. The molecule has 4 aliphatic carbocycles. The van der Waals surface area contributed by atoms with Gasteiger partial charge >= 0.3 is 0 Å². The van der Waals surface area contributed by atoms with E-state index in [0.717, 1.165) is 5.92 Å². The summed E-state index contributed by atoms with van der Waals surface area (Å²) in [5, 5.41) is 11.4. The van der Waals surface area contributed by atoms with E-state index in [0.29, 0.717) is 35.5 Å². The van der Waals surface area contributed by atoms with Crippen LogP contribution in [-0.2, 0) is 8.85 Å². The smallest absolute Gasteiger partial charge is 0.192 e. The maximum atomic E-state index is 11.2. The van der Waals surface area contributed by atoms with Crippen molar-refractivity contribution in [3.8, 4) is 0 Å².